The Morgan fingerprint density at radius 2 is 1.36 bits per heavy atom. The number of ether oxygens (including phenoxy) is 1. The van der Waals surface area contributed by atoms with Gasteiger partial charge < -0.3 is 34.6 Å². The SMILES string of the molecule is CC(C)(C)N(C(=O)c1ncccc1-c1cc(Cc2ccc(OCc3ccccn3)cc2)no1)C(C)(C)C.O=C(O)O.O=C(O)O. The highest BCUT2D eigenvalue weighted by molar-refractivity contribution is 5.99. The van der Waals surface area contributed by atoms with Crippen LogP contribution in [0.3, 0.4) is 0 Å². The number of carbonyl (C=O) groups is 3. The third-order valence-corrected chi connectivity index (χ3v) is 5.80. The molecule has 0 spiro atoms. The molecule has 1 amide bonds. The Balaban J connectivity index is 0.000000789. The summed E-state index contributed by atoms with van der Waals surface area (Å²) in [4.78, 5) is 41.4. The van der Waals surface area contributed by atoms with Crippen molar-refractivity contribution >= 4 is 18.2 Å². The largest absolute Gasteiger partial charge is 0.503 e. The van der Waals surface area contributed by atoms with E-state index in [2.05, 4.69) is 15.1 Å². The summed E-state index contributed by atoms with van der Waals surface area (Å²) in [6.45, 7) is 12.6. The number of amides is 1. The van der Waals surface area contributed by atoms with Crippen LogP contribution >= 0.6 is 0 Å². The lowest BCUT2D eigenvalue weighted by Crippen LogP contribution is -2.55. The van der Waals surface area contributed by atoms with Crippen LogP contribution in [0.5, 0.6) is 5.75 Å². The molecule has 0 aliphatic heterocycles. The molecule has 0 unspecified atom stereocenters. The lowest BCUT2D eigenvalue weighted by atomic mass is 9.94. The zero-order valence-electron chi connectivity index (χ0n) is 26.0. The number of aromatic nitrogens is 3. The fraction of sp³-hybridized carbons (Fsp3) is 0.312. The average molecular weight is 623 g/mol. The predicted octanol–water partition coefficient (Wildman–Crippen LogP) is 6.79. The third kappa shape index (κ3) is 12.0. The molecule has 0 saturated heterocycles. The van der Waals surface area contributed by atoms with E-state index in [1.165, 1.54) is 0 Å². The maximum absolute atomic E-state index is 13.7. The van der Waals surface area contributed by atoms with Crippen LogP contribution < -0.4 is 4.74 Å². The van der Waals surface area contributed by atoms with E-state index in [0.29, 0.717) is 30.0 Å². The molecule has 45 heavy (non-hydrogen) atoms. The van der Waals surface area contributed by atoms with Crippen LogP contribution in [0.1, 0.15) is 69.0 Å². The molecule has 3 aromatic heterocycles. The van der Waals surface area contributed by atoms with E-state index in [1.54, 1.807) is 18.5 Å². The molecule has 0 atom stereocenters. The number of hydrogen-bond donors (Lipinski definition) is 4. The highest BCUT2D eigenvalue weighted by Gasteiger charge is 2.37. The van der Waals surface area contributed by atoms with E-state index in [0.717, 1.165) is 22.7 Å². The van der Waals surface area contributed by atoms with Crippen molar-refractivity contribution in [3.63, 3.8) is 0 Å². The number of rotatable bonds is 7. The average Bonchev–Trinajstić information content (AvgIpc) is 3.39. The minimum Gasteiger partial charge on any atom is -0.487 e. The first-order valence-electron chi connectivity index (χ1n) is 13.7. The van der Waals surface area contributed by atoms with Crippen LogP contribution in [0.15, 0.2) is 77.6 Å². The lowest BCUT2D eigenvalue weighted by Gasteiger charge is -2.45. The van der Waals surface area contributed by atoms with Crippen molar-refractivity contribution in [1.29, 1.82) is 0 Å². The predicted molar refractivity (Wildman–Crippen MR) is 165 cm³/mol. The summed E-state index contributed by atoms with van der Waals surface area (Å²) in [5.74, 6) is 1.15. The molecule has 0 saturated carbocycles. The van der Waals surface area contributed by atoms with Crippen LogP contribution in [-0.2, 0) is 13.0 Å². The van der Waals surface area contributed by atoms with Gasteiger partial charge in [0.2, 0.25) is 0 Å². The van der Waals surface area contributed by atoms with Gasteiger partial charge in [0.05, 0.1) is 17.0 Å². The van der Waals surface area contributed by atoms with Crippen molar-refractivity contribution in [3.05, 3.63) is 95.7 Å². The highest BCUT2D eigenvalue weighted by Crippen LogP contribution is 2.31. The van der Waals surface area contributed by atoms with Crippen molar-refractivity contribution in [2.24, 2.45) is 0 Å². The van der Waals surface area contributed by atoms with Gasteiger partial charge in [-0.25, -0.2) is 9.59 Å². The number of pyridine rings is 2. The highest BCUT2D eigenvalue weighted by atomic mass is 16.6. The Morgan fingerprint density at radius 1 is 0.778 bits per heavy atom. The summed E-state index contributed by atoms with van der Waals surface area (Å²) in [6.07, 6.45) is 0.308. The monoisotopic (exact) mass is 622 g/mol. The normalized spacial score (nSPS) is 10.8. The van der Waals surface area contributed by atoms with Crippen molar-refractivity contribution < 1.29 is 44.1 Å². The van der Waals surface area contributed by atoms with Gasteiger partial charge in [0.15, 0.2) is 5.76 Å². The molecular formula is C32H38N4O9. The van der Waals surface area contributed by atoms with Gasteiger partial charge in [-0.15, -0.1) is 0 Å². The second-order valence-electron chi connectivity index (χ2n) is 11.6. The van der Waals surface area contributed by atoms with E-state index in [4.69, 9.17) is 39.3 Å². The van der Waals surface area contributed by atoms with Crippen molar-refractivity contribution in [2.75, 3.05) is 0 Å². The van der Waals surface area contributed by atoms with Crippen LogP contribution in [0.4, 0.5) is 9.59 Å². The molecule has 4 rings (SSSR count). The molecule has 0 aliphatic rings. The Kier molecular flexibility index (Phi) is 12.6. The van der Waals surface area contributed by atoms with Gasteiger partial charge in [-0.05, 0) is 83.5 Å². The zero-order valence-corrected chi connectivity index (χ0v) is 26.0. The fourth-order valence-electron chi connectivity index (χ4n) is 4.57. The molecule has 0 fully saturated rings. The Morgan fingerprint density at radius 3 is 1.89 bits per heavy atom. The summed E-state index contributed by atoms with van der Waals surface area (Å²) in [7, 11) is 0. The van der Waals surface area contributed by atoms with Crippen LogP contribution in [0.2, 0.25) is 0 Å². The molecule has 0 aliphatic carbocycles. The van der Waals surface area contributed by atoms with Crippen LogP contribution in [-0.4, -0.2) is 69.7 Å². The number of carboxylic acid groups (broad SMARTS) is 4. The third-order valence-electron chi connectivity index (χ3n) is 5.80. The smallest absolute Gasteiger partial charge is 0.487 e. The number of carbonyl (C=O) groups excluding carboxylic acids is 1. The minimum absolute atomic E-state index is 0.144. The van der Waals surface area contributed by atoms with Crippen LogP contribution in [0.25, 0.3) is 11.3 Å². The van der Waals surface area contributed by atoms with Gasteiger partial charge >= 0.3 is 12.3 Å². The molecule has 240 valence electrons. The first kappa shape index (κ1) is 35.7. The van der Waals surface area contributed by atoms with E-state index in [1.807, 2.05) is 101 Å². The number of hydrogen-bond acceptors (Lipinski definition) is 8. The quantitative estimate of drug-likeness (QED) is 0.169. The van der Waals surface area contributed by atoms with Gasteiger partial charge in [0.25, 0.3) is 5.91 Å². The van der Waals surface area contributed by atoms with Crippen LogP contribution in [0, 0.1) is 0 Å². The Bertz CT molecular complexity index is 1510. The fourth-order valence-corrected chi connectivity index (χ4v) is 4.57. The van der Waals surface area contributed by atoms with Gasteiger partial charge in [-0.3, -0.25) is 14.8 Å². The maximum atomic E-state index is 13.7. The summed E-state index contributed by atoms with van der Waals surface area (Å²) in [5.41, 5.74) is 2.92. The first-order valence-corrected chi connectivity index (χ1v) is 13.7. The Labute approximate surface area is 260 Å². The van der Waals surface area contributed by atoms with Crippen molar-refractivity contribution in [3.8, 4) is 17.1 Å². The molecule has 13 heteroatoms. The summed E-state index contributed by atoms with van der Waals surface area (Å²) < 4.78 is 11.5. The number of nitrogens with zero attached hydrogens (tertiary/aromatic N) is 4. The summed E-state index contributed by atoms with van der Waals surface area (Å²) >= 11 is 0. The number of benzene rings is 1. The van der Waals surface area contributed by atoms with Gasteiger partial charge in [-0.2, -0.15) is 0 Å². The molecule has 4 N–H and O–H groups in total. The topological polar surface area (TPSA) is 196 Å². The van der Waals surface area contributed by atoms with Crippen molar-refractivity contribution in [2.45, 2.75) is 65.6 Å². The zero-order chi connectivity index (χ0) is 33.8. The first-order chi connectivity index (χ1) is 21.0. The minimum atomic E-state index is -1.83. The maximum Gasteiger partial charge on any atom is 0.503 e. The molecule has 1 aromatic carbocycles. The van der Waals surface area contributed by atoms with Gasteiger partial charge in [0, 0.05) is 36.0 Å². The standard InChI is InChI=1S/C30H34N4O3.2CH2O3/c1-29(2,3)34(30(4,5)6)28(35)27-25(11-9-17-32-27)26-19-23(33-37-26)18-21-12-14-24(15-13-21)36-20-22-10-7-8-16-31-22;2*2-1(3)4/h7-17,19H,18,20H2,1-6H3;2*(H2,2,3,4). The molecule has 0 radical (unpaired) electrons. The molecule has 0 bridgehead atoms. The Hall–Kier alpha value is -5.46. The van der Waals surface area contributed by atoms with E-state index in [-0.39, 0.29) is 17.0 Å². The van der Waals surface area contributed by atoms with Gasteiger partial charge in [-0.1, -0.05) is 23.4 Å². The van der Waals surface area contributed by atoms with E-state index in [9.17, 15) is 4.79 Å². The summed E-state index contributed by atoms with van der Waals surface area (Å²) in [5, 5.41) is 32.2. The molecule has 4 aromatic rings. The van der Waals surface area contributed by atoms with E-state index < -0.39 is 12.3 Å². The van der Waals surface area contributed by atoms with E-state index >= 15 is 0 Å². The molecular weight excluding hydrogens is 584 g/mol. The van der Waals surface area contributed by atoms with Gasteiger partial charge in [0.1, 0.15) is 18.1 Å². The van der Waals surface area contributed by atoms with Crippen molar-refractivity contribution in [1.82, 2.24) is 20.0 Å². The lowest BCUT2D eigenvalue weighted by molar-refractivity contribution is 0.0265. The second kappa shape index (κ2) is 15.8. The molecule has 3 heterocycles. The second-order valence-corrected chi connectivity index (χ2v) is 11.6. The molecule has 13 nitrogen and oxygen atoms in total. The summed E-state index contributed by atoms with van der Waals surface area (Å²) in [6, 6.07) is 19.2.